The third-order valence-electron chi connectivity index (χ3n) is 2.61. The van der Waals surface area contributed by atoms with E-state index in [1.54, 1.807) is 13.0 Å². The second-order valence-corrected chi connectivity index (χ2v) is 4.30. The summed E-state index contributed by atoms with van der Waals surface area (Å²) in [5, 5.41) is 18.8. The molecule has 0 bridgehead atoms. The third-order valence-corrected chi connectivity index (χ3v) is 2.61. The molecule has 0 atom stereocenters. The summed E-state index contributed by atoms with van der Waals surface area (Å²) in [6.45, 7) is 3.73. The van der Waals surface area contributed by atoms with Crippen molar-refractivity contribution in [3.8, 4) is 5.75 Å². The molecule has 110 valence electrons. The van der Waals surface area contributed by atoms with Crippen molar-refractivity contribution >= 4 is 5.97 Å². The smallest absolute Gasteiger partial charge is 0.338 e. The van der Waals surface area contributed by atoms with Gasteiger partial charge in [-0.05, 0) is 18.1 Å². The van der Waals surface area contributed by atoms with Crippen LogP contribution in [0.25, 0.3) is 0 Å². The highest BCUT2D eigenvalue weighted by Gasteiger charge is 2.23. The van der Waals surface area contributed by atoms with Gasteiger partial charge in [-0.15, -0.1) is 0 Å². The van der Waals surface area contributed by atoms with E-state index >= 15 is 0 Å². The van der Waals surface area contributed by atoms with E-state index in [-0.39, 0.29) is 12.4 Å². The highest BCUT2D eigenvalue weighted by atomic mass is 16.8. The van der Waals surface area contributed by atoms with Crippen LogP contribution in [0.3, 0.4) is 0 Å². The van der Waals surface area contributed by atoms with E-state index in [0.29, 0.717) is 5.75 Å². The Labute approximate surface area is 118 Å². The molecule has 1 aromatic rings. The van der Waals surface area contributed by atoms with Gasteiger partial charge in [-0.2, -0.15) is 0 Å². The van der Waals surface area contributed by atoms with Crippen molar-refractivity contribution in [2.75, 3.05) is 0 Å². The monoisotopic (exact) mass is 280 g/mol. The molecule has 1 aromatic carbocycles. The lowest BCUT2D eigenvalue weighted by atomic mass is 10.1. The van der Waals surface area contributed by atoms with E-state index in [0.717, 1.165) is 18.4 Å². The minimum Gasteiger partial charge on any atom is -0.439 e. The summed E-state index contributed by atoms with van der Waals surface area (Å²) >= 11 is 0. The summed E-state index contributed by atoms with van der Waals surface area (Å²) < 4.78 is 9.26. The normalized spacial score (nSPS) is 12.9. The predicted molar refractivity (Wildman–Crippen MR) is 73.8 cm³/mol. The predicted octanol–water partition coefficient (Wildman–Crippen LogP) is 2.12. The van der Waals surface area contributed by atoms with Gasteiger partial charge in [0.15, 0.2) is 0 Å². The Bertz CT molecular complexity index is 465. The summed E-state index contributed by atoms with van der Waals surface area (Å²) in [5.41, 5.74) is 1.00. The van der Waals surface area contributed by atoms with Crippen molar-refractivity contribution in [2.24, 2.45) is 0 Å². The van der Waals surface area contributed by atoms with Crippen molar-refractivity contribution in [2.45, 2.75) is 39.1 Å². The number of aryl methyl sites for hydroxylation is 1. The molecule has 0 amide bonds. The summed E-state index contributed by atoms with van der Waals surface area (Å²) in [7, 11) is 0. The van der Waals surface area contributed by atoms with Gasteiger partial charge in [-0.3, -0.25) is 0 Å². The Balaban J connectivity index is 0.000000333. The second-order valence-electron chi connectivity index (χ2n) is 4.30. The number of hydrogen-bond donors (Lipinski definition) is 2. The quantitative estimate of drug-likeness (QED) is 0.638. The largest absolute Gasteiger partial charge is 0.439 e. The number of benzene rings is 1. The van der Waals surface area contributed by atoms with Crippen LogP contribution in [0.5, 0.6) is 5.75 Å². The highest BCUT2D eigenvalue weighted by Crippen LogP contribution is 2.23. The molecular weight excluding hydrogens is 260 g/mol. The maximum absolute atomic E-state index is 9.59. The molecule has 0 saturated carbocycles. The van der Waals surface area contributed by atoms with Gasteiger partial charge >= 0.3 is 11.9 Å². The van der Waals surface area contributed by atoms with E-state index < -0.39 is 5.97 Å². The Morgan fingerprint density at radius 2 is 1.85 bits per heavy atom. The van der Waals surface area contributed by atoms with Gasteiger partial charge in [-0.25, -0.2) is 4.79 Å². The first-order valence-corrected chi connectivity index (χ1v) is 6.57. The van der Waals surface area contributed by atoms with Gasteiger partial charge < -0.3 is 19.7 Å². The molecule has 0 saturated heterocycles. The Morgan fingerprint density at radius 3 is 2.30 bits per heavy atom. The topological polar surface area (TPSA) is 76.0 Å². The van der Waals surface area contributed by atoms with Gasteiger partial charge in [-0.1, -0.05) is 38.5 Å². The average molecular weight is 280 g/mol. The Kier molecular flexibility index (Phi) is 6.21. The molecule has 0 unspecified atom stereocenters. The van der Waals surface area contributed by atoms with Gasteiger partial charge in [0, 0.05) is 6.42 Å². The van der Waals surface area contributed by atoms with Crippen LogP contribution in [0.15, 0.2) is 36.6 Å². The first-order chi connectivity index (χ1) is 9.48. The number of para-hydroxylation sites is 1. The van der Waals surface area contributed by atoms with Crippen molar-refractivity contribution < 1.29 is 24.5 Å². The molecule has 2 rings (SSSR count). The second kappa shape index (κ2) is 7.67. The average Bonchev–Trinajstić information content (AvgIpc) is 2.39. The van der Waals surface area contributed by atoms with Gasteiger partial charge in [0.25, 0.3) is 0 Å². The highest BCUT2D eigenvalue weighted by molar-refractivity contribution is 5.86. The van der Waals surface area contributed by atoms with Crippen LogP contribution in [0.2, 0.25) is 0 Å². The Hall–Kier alpha value is -1.85. The lowest BCUT2D eigenvalue weighted by molar-refractivity contribution is -0.293. The minimum atomic E-state index is -2.07. The van der Waals surface area contributed by atoms with Gasteiger partial charge in [0.2, 0.25) is 0 Å². The zero-order valence-corrected chi connectivity index (χ0v) is 11.7. The molecule has 5 nitrogen and oxygen atoms in total. The van der Waals surface area contributed by atoms with Gasteiger partial charge in [0.1, 0.15) is 12.0 Å². The van der Waals surface area contributed by atoms with Crippen molar-refractivity contribution in [3.05, 3.63) is 42.2 Å². The fourth-order valence-electron chi connectivity index (χ4n) is 1.45. The third kappa shape index (κ3) is 5.42. The van der Waals surface area contributed by atoms with Crippen LogP contribution in [-0.2, 0) is 16.0 Å². The number of cyclic esters (lactones) is 1. The fourth-order valence-corrected chi connectivity index (χ4v) is 1.45. The SMILES string of the molecule is CCCc1ccccc1OC(O)(O)CC.O=C1C=CO1. The molecule has 2 N–H and O–H groups in total. The summed E-state index contributed by atoms with van der Waals surface area (Å²) in [4.78, 5) is 9.59. The van der Waals surface area contributed by atoms with E-state index in [4.69, 9.17) is 4.74 Å². The fraction of sp³-hybridized carbons (Fsp3) is 0.400. The van der Waals surface area contributed by atoms with Crippen molar-refractivity contribution in [1.82, 2.24) is 0 Å². The lowest BCUT2D eigenvalue weighted by Gasteiger charge is -2.22. The molecule has 0 aromatic heterocycles. The zero-order chi connectivity index (χ0) is 15.0. The molecule has 1 aliphatic heterocycles. The number of ether oxygens (including phenoxy) is 2. The van der Waals surface area contributed by atoms with Crippen LogP contribution in [0, 0.1) is 0 Å². The van der Waals surface area contributed by atoms with Crippen LogP contribution in [0.1, 0.15) is 32.3 Å². The lowest BCUT2D eigenvalue weighted by Crippen LogP contribution is -2.34. The number of hydrogen-bond acceptors (Lipinski definition) is 5. The molecule has 0 radical (unpaired) electrons. The number of carbonyl (C=O) groups is 1. The molecule has 1 aliphatic rings. The van der Waals surface area contributed by atoms with Crippen LogP contribution in [0.4, 0.5) is 0 Å². The summed E-state index contributed by atoms with van der Waals surface area (Å²) in [6, 6.07) is 7.42. The number of rotatable bonds is 5. The van der Waals surface area contributed by atoms with Crippen LogP contribution < -0.4 is 4.74 Å². The molecule has 0 spiro atoms. The first-order valence-electron chi connectivity index (χ1n) is 6.57. The van der Waals surface area contributed by atoms with Crippen molar-refractivity contribution in [1.29, 1.82) is 0 Å². The molecule has 20 heavy (non-hydrogen) atoms. The van der Waals surface area contributed by atoms with Crippen LogP contribution >= 0.6 is 0 Å². The van der Waals surface area contributed by atoms with E-state index in [9.17, 15) is 15.0 Å². The van der Waals surface area contributed by atoms with Gasteiger partial charge in [0.05, 0.1) is 6.08 Å². The molecule has 0 fully saturated rings. The standard InChI is InChI=1S/C12H18O3.C3H2O2/c1-3-7-10-8-5-6-9-11(10)15-12(13,14)4-2;4-3-1-2-5-3/h5-6,8-9,13-14H,3-4,7H2,1-2H3;1-2H. The number of esters is 1. The maximum atomic E-state index is 9.59. The number of carbonyl (C=O) groups excluding carboxylic acids is 1. The minimum absolute atomic E-state index is 0.132. The van der Waals surface area contributed by atoms with E-state index in [2.05, 4.69) is 11.7 Å². The molecule has 0 aliphatic carbocycles. The van der Waals surface area contributed by atoms with E-state index in [1.807, 2.05) is 18.2 Å². The van der Waals surface area contributed by atoms with E-state index in [1.165, 1.54) is 12.3 Å². The first kappa shape index (κ1) is 16.2. The zero-order valence-electron chi connectivity index (χ0n) is 11.7. The summed E-state index contributed by atoms with van der Waals surface area (Å²) in [5.74, 6) is -1.76. The van der Waals surface area contributed by atoms with Crippen molar-refractivity contribution in [3.63, 3.8) is 0 Å². The molecule has 5 heteroatoms. The maximum Gasteiger partial charge on any atom is 0.338 e. The molecular formula is C15H20O5. The van der Waals surface area contributed by atoms with Crippen LogP contribution in [-0.4, -0.2) is 22.2 Å². The Morgan fingerprint density at radius 1 is 1.25 bits per heavy atom. The summed E-state index contributed by atoms with van der Waals surface area (Å²) in [6.07, 6.45) is 4.71. The molecule has 1 heterocycles. The number of aliphatic hydroxyl groups is 2.